The van der Waals surface area contributed by atoms with Crippen LogP contribution >= 0.6 is 11.3 Å². The van der Waals surface area contributed by atoms with Crippen molar-refractivity contribution in [3.05, 3.63) is 75.7 Å². The van der Waals surface area contributed by atoms with Crippen LogP contribution in [0.5, 0.6) is 0 Å². The Bertz CT molecular complexity index is 1160. The van der Waals surface area contributed by atoms with Crippen LogP contribution in [0.4, 0.5) is 18.3 Å². The molecule has 0 aliphatic carbocycles. The Kier molecular flexibility index (Phi) is 4.44. The minimum atomic E-state index is -4.46. The third-order valence-electron chi connectivity index (χ3n) is 4.14. The number of nitrogens with zero attached hydrogens (tertiary/aromatic N) is 2. The van der Waals surface area contributed by atoms with Gasteiger partial charge in [0.25, 0.3) is 5.56 Å². The lowest BCUT2D eigenvalue weighted by Crippen LogP contribution is -2.18. The lowest BCUT2D eigenvalue weighted by molar-refractivity contribution is -0.137. The lowest BCUT2D eigenvalue weighted by Gasteiger charge is -2.11. The molecule has 4 aromatic rings. The SMILES string of the molecule is O=c1ccc2cc(C(O)Nc3nccs3)[nH]c2n1-c1ccc(C(F)(F)F)cc1. The van der Waals surface area contributed by atoms with E-state index in [4.69, 9.17) is 0 Å². The fourth-order valence-electron chi connectivity index (χ4n) is 2.83. The normalized spacial score (nSPS) is 13.0. The van der Waals surface area contributed by atoms with E-state index in [2.05, 4.69) is 15.3 Å². The number of H-pyrrole nitrogens is 1. The Morgan fingerprint density at radius 2 is 1.93 bits per heavy atom. The van der Waals surface area contributed by atoms with E-state index in [1.54, 1.807) is 23.7 Å². The van der Waals surface area contributed by atoms with Gasteiger partial charge in [-0.25, -0.2) is 4.98 Å². The van der Waals surface area contributed by atoms with Crippen molar-refractivity contribution in [3.63, 3.8) is 0 Å². The van der Waals surface area contributed by atoms with Gasteiger partial charge >= 0.3 is 6.18 Å². The highest BCUT2D eigenvalue weighted by Gasteiger charge is 2.30. The summed E-state index contributed by atoms with van der Waals surface area (Å²) in [4.78, 5) is 19.4. The largest absolute Gasteiger partial charge is 0.416 e. The summed E-state index contributed by atoms with van der Waals surface area (Å²) in [6, 6.07) is 8.85. The van der Waals surface area contributed by atoms with E-state index in [-0.39, 0.29) is 5.69 Å². The molecule has 3 aromatic heterocycles. The maximum absolute atomic E-state index is 12.8. The molecule has 10 heteroatoms. The minimum absolute atomic E-state index is 0.277. The molecule has 144 valence electrons. The number of benzene rings is 1. The molecule has 0 radical (unpaired) electrons. The van der Waals surface area contributed by atoms with Gasteiger partial charge < -0.3 is 15.4 Å². The van der Waals surface area contributed by atoms with E-state index in [1.807, 2.05) is 0 Å². The van der Waals surface area contributed by atoms with Crippen molar-refractivity contribution in [2.24, 2.45) is 0 Å². The molecule has 0 spiro atoms. The molecule has 4 rings (SSSR count). The Hall–Kier alpha value is -3.11. The molecule has 0 fully saturated rings. The van der Waals surface area contributed by atoms with E-state index >= 15 is 0 Å². The highest BCUT2D eigenvalue weighted by Crippen LogP contribution is 2.30. The van der Waals surface area contributed by atoms with E-state index in [0.717, 1.165) is 12.1 Å². The maximum Gasteiger partial charge on any atom is 0.416 e. The van der Waals surface area contributed by atoms with Crippen LogP contribution in [0.1, 0.15) is 17.5 Å². The molecule has 1 atom stereocenters. The number of aromatic nitrogens is 3. The molecule has 0 saturated carbocycles. The van der Waals surface area contributed by atoms with Crippen molar-refractivity contribution in [1.82, 2.24) is 14.5 Å². The van der Waals surface area contributed by atoms with Gasteiger partial charge in [-0.05, 0) is 36.4 Å². The number of pyridine rings is 1. The number of anilines is 1. The fourth-order valence-corrected chi connectivity index (χ4v) is 3.38. The number of nitrogens with one attached hydrogen (secondary N) is 2. The van der Waals surface area contributed by atoms with Gasteiger partial charge in [0.05, 0.1) is 16.9 Å². The minimum Gasteiger partial charge on any atom is -0.368 e. The molecule has 3 N–H and O–H groups in total. The van der Waals surface area contributed by atoms with Crippen LogP contribution in [0.25, 0.3) is 16.7 Å². The molecule has 0 aliphatic heterocycles. The Morgan fingerprint density at radius 3 is 2.57 bits per heavy atom. The van der Waals surface area contributed by atoms with Gasteiger partial charge in [0.15, 0.2) is 11.4 Å². The molecular formula is C18H13F3N4O2S. The summed E-state index contributed by atoms with van der Waals surface area (Å²) in [7, 11) is 0. The number of hydrogen-bond acceptors (Lipinski definition) is 5. The van der Waals surface area contributed by atoms with Crippen molar-refractivity contribution in [2.45, 2.75) is 12.4 Å². The third kappa shape index (κ3) is 3.39. The number of thiazole rings is 1. The van der Waals surface area contributed by atoms with Gasteiger partial charge in [0, 0.05) is 23.0 Å². The maximum atomic E-state index is 12.8. The smallest absolute Gasteiger partial charge is 0.368 e. The van der Waals surface area contributed by atoms with Crippen LogP contribution < -0.4 is 10.9 Å². The summed E-state index contributed by atoms with van der Waals surface area (Å²) >= 11 is 1.32. The third-order valence-corrected chi connectivity index (χ3v) is 4.84. The van der Waals surface area contributed by atoms with E-state index in [1.165, 1.54) is 34.1 Å². The van der Waals surface area contributed by atoms with Gasteiger partial charge in [-0.2, -0.15) is 13.2 Å². The average Bonchev–Trinajstić information content (AvgIpc) is 3.30. The summed E-state index contributed by atoms with van der Waals surface area (Å²) in [5.41, 5.74) is -0.187. The van der Waals surface area contributed by atoms with Gasteiger partial charge in [-0.1, -0.05) is 0 Å². The number of rotatable bonds is 4. The van der Waals surface area contributed by atoms with Crippen LogP contribution in [0.3, 0.4) is 0 Å². The van der Waals surface area contributed by atoms with Gasteiger partial charge in [0.2, 0.25) is 0 Å². The standard InChI is InChI=1S/C18H13F3N4O2S/c19-18(20,21)11-2-4-12(5-3-11)25-14(26)6-1-10-9-13(23-15(10)25)16(27)24-17-22-7-8-28-17/h1-9,16,23,27H,(H,22,24). The number of aliphatic hydroxyl groups is 1. The van der Waals surface area contributed by atoms with Crippen molar-refractivity contribution in [2.75, 3.05) is 5.32 Å². The number of halogens is 3. The summed E-state index contributed by atoms with van der Waals surface area (Å²) < 4.78 is 39.6. The number of fused-ring (bicyclic) bond motifs is 1. The monoisotopic (exact) mass is 406 g/mol. The van der Waals surface area contributed by atoms with Gasteiger partial charge in [-0.15, -0.1) is 11.3 Å². The van der Waals surface area contributed by atoms with Gasteiger partial charge in [0.1, 0.15) is 5.65 Å². The molecule has 0 saturated heterocycles. The van der Waals surface area contributed by atoms with Crippen molar-refractivity contribution < 1.29 is 18.3 Å². The molecular weight excluding hydrogens is 393 g/mol. The molecule has 0 amide bonds. The number of alkyl halides is 3. The first kappa shape index (κ1) is 18.3. The molecule has 6 nitrogen and oxygen atoms in total. The first-order valence-electron chi connectivity index (χ1n) is 8.09. The lowest BCUT2D eigenvalue weighted by atomic mass is 10.2. The molecule has 0 bridgehead atoms. The highest BCUT2D eigenvalue weighted by molar-refractivity contribution is 7.13. The topological polar surface area (TPSA) is 82.9 Å². The van der Waals surface area contributed by atoms with E-state index in [0.29, 0.717) is 21.9 Å². The fraction of sp³-hybridized carbons (Fsp3) is 0.111. The Labute approximate surface area is 159 Å². The van der Waals surface area contributed by atoms with Gasteiger partial charge in [-0.3, -0.25) is 9.36 Å². The zero-order valence-corrected chi connectivity index (χ0v) is 14.9. The summed E-state index contributed by atoms with van der Waals surface area (Å²) in [5, 5.41) is 16.1. The average molecular weight is 406 g/mol. The predicted octanol–water partition coefficient (Wildman–Crippen LogP) is 3.90. The van der Waals surface area contributed by atoms with E-state index in [9.17, 15) is 23.1 Å². The van der Waals surface area contributed by atoms with Crippen LogP contribution in [0.2, 0.25) is 0 Å². The molecule has 1 aromatic carbocycles. The molecule has 0 aliphatic rings. The summed E-state index contributed by atoms with van der Waals surface area (Å²) in [6.45, 7) is 0. The second-order valence-corrected chi connectivity index (χ2v) is 6.86. The number of aromatic amines is 1. The van der Waals surface area contributed by atoms with E-state index < -0.39 is 23.5 Å². The first-order valence-corrected chi connectivity index (χ1v) is 8.97. The molecule has 1 unspecified atom stereocenters. The first-order chi connectivity index (χ1) is 13.3. The number of aliphatic hydroxyl groups excluding tert-OH is 1. The Balaban J connectivity index is 1.75. The molecule has 3 heterocycles. The Morgan fingerprint density at radius 1 is 1.18 bits per heavy atom. The highest BCUT2D eigenvalue weighted by atomic mass is 32.1. The molecule has 28 heavy (non-hydrogen) atoms. The second kappa shape index (κ2) is 6.80. The van der Waals surface area contributed by atoms with Crippen molar-refractivity contribution in [3.8, 4) is 5.69 Å². The van der Waals surface area contributed by atoms with Crippen LogP contribution in [-0.2, 0) is 6.18 Å². The van der Waals surface area contributed by atoms with Crippen LogP contribution in [0, 0.1) is 0 Å². The zero-order valence-electron chi connectivity index (χ0n) is 14.1. The second-order valence-electron chi connectivity index (χ2n) is 5.96. The van der Waals surface area contributed by atoms with Crippen LogP contribution in [-0.4, -0.2) is 19.6 Å². The van der Waals surface area contributed by atoms with Crippen LogP contribution in [0.15, 0.2) is 58.8 Å². The van der Waals surface area contributed by atoms with Crippen molar-refractivity contribution >= 4 is 27.5 Å². The van der Waals surface area contributed by atoms with Crippen molar-refractivity contribution in [1.29, 1.82) is 0 Å². The zero-order chi connectivity index (χ0) is 19.9. The number of hydrogen-bond donors (Lipinski definition) is 3. The summed E-state index contributed by atoms with van der Waals surface area (Å²) in [6.07, 6.45) is -3.97. The summed E-state index contributed by atoms with van der Waals surface area (Å²) in [5.74, 6) is 0. The quantitative estimate of drug-likeness (QED) is 0.449. The predicted molar refractivity (Wildman–Crippen MR) is 99.6 cm³/mol.